The number of nitrogens with zero attached hydrogens (tertiary/aromatic N) is 4. The van der Waals surface area contributed by atoms with Crippen LogP contribution in [-0.4, -0.2) is 65.1 Å². The minimum atomic E-state index is 0.233. The average Bonchev–Trinajstić information content (AvgIpc) is 3.13. The topological polar surface area (TPSA) is 44.3 Å². The zero-order chi connectivity index (χ0) is 21.4. The van der Waals surface area contributed by atoms with Crippen molar-refractivity contribution in [2.75, 3.05) is 38.5 Å². The van der Waals surface area contributed by atoms with Gasteiger partial charge in [-0.05, 0) is 85.6 Å². The Morgan fingerprint density at radius 3 is 2.35 bits per heavy atom. The van der Waals surface area contributed by atoms with Crippen LogP contribution in [0.4, 0.5) is 5.82 Å². The predicted molar refractivity (Wildman–Crippen MR) is 128 cm³/mol. The molecule has 1 aromatic carbocycles. The Balaban J connectivity index is 1.43. The zero-order valence-electron chi connectivity index (χ0n) is 19.4. The van der Waals surface area contributed by atoms with E-state index in [4.69, 9.17) is 9.97 Å². The second-order valence-electron chi connectivity index (χ2n) is 10.2. The van der Waals surface area contributed by atoms with Crippen molar-refractivity contribution in [3.05, 3.63) is 41.6 Å². The van der Waals surface area contributed by atoms with E-state index in [2.05, 4.69) is 66.3 Å². The summed E-state index contributed by atoms with van der Waals surface area (Å²) in [7, 11) is 2.25. The molecule has 5 heteroatoms. The Bertz CT molecular complexity index is 894. The summed E-state index contributed by atoms with van der Waals surface area (Å²) in [5.41, 5.74) is 4.06. The quantitative estimate of drug-likeness (QED) is 0.799. The molecule has 1 spiro atoms. The highest BCUT2D eigenvalue weighted by Crippen LogP contribution is 2.48. The van der Waals surface area contributed by atoms with Gasteiger partial charge < -0.3 is 15.1 Å². The van der Waals surface area contributed by atoms with Gasteiger partial charge in [-0.3, -0.25) is 0 Å². The molecule has 1 aliphatic carbocycles. The first-order chi connectivity index (χ1) is 15.0. The number of rotatable bonds is 4. The number of anilines is 1. The Labute approximate surface area is 187 Å². The summed E-state index contributed by atoms with van der Waals surface area (Å²) in [4.78, 5) is 15.5. The third kappa shape index (κ3) is 4.10. The second-order valence-corrected chi connectivity index (χ2v) is 10.2. The van der Waals surface area contributed by atoms with Crippen molar-refractivity contribution >= 4 is 5.82 Å². The number of fused-ring (bicyclic) bond motifs is 2. The molecular formula is C26H37N5. The summed E-state index contributed by atoms with van der Waals surface area (Å²) >= 11 is 0. The fourth-order valence-electron chi connectivity index (χ4n) is 5.92. The highest BCUT2D eigenvalue weighted by Gasteiger charge is 2.45. The Hall–Kier alpha value is -1.98. The lowest BCUT2D eigenvalue weighted by Crippen LogP contribution is -2.50. The lowest BCUT2D eigenvalue weighted by Gasteiger charge is -2.44. The van der Waals surface area contributed by atoms with Gasteiger partial charge in [0.15, 0.2) is 5.82 Å². The monoisotopic (exact) mass is 419 g/mol. The third-order valence-corrected chi connectivity index (χ3v) is 7.78. The summed E-state index contributed by atoms with van der Waals surface area (Å²) in [5.74, 6) is 1.94. The molecule has 1 aromatic heterocycles. The van der Waals surface area contributed by atoms with E-state index in [0.717, 1.165) is 29.7 Å². The fourth-order valence-corrected chi connectivity index (χ4v) is 5.92. The van der Waals surface area contributed by atoms with E-state index in [-0.39, 0.29) is 5.41 Å². The highest BCUT2D eigenvalue weighted by molar-refractivity contribution is 5.62. The van der Waals surface area contributed by atoms with E-state index in [0.29, 0.717) is 6.04 Å². The van der Waals surface area contributed by atoms with E-state index >= 15 is 0 Å². The number of hydrogen-bond donors (Lipinski definition) is 1. The average molecular weight is 420 g/mol. The fraction of sp³-hybridized carbons (Fsp3) is 0.615. The van der Waals surface area contributed by atoms with Gasteiger partial charge in [-0.15, -0.1) is 0 Å². The van der Waals surface area contributed by atoms with E-state index in [1.807, 2.05) is 0 Å². The molecular weight excluding hydrogens is 382 g/mol. The Morgan fingerprint density at radius 1 is 0.968 bits per heavy atom. The van der Waals surface area contributed by atoms with Gasteiger partial charge in [0.25, 0.3) is 0 Å². The first kappa shape index (κ1) is 20.9. The summed E-state index contributed by atoms with van der Waals surface area (Å²) in [5, 5.41) is 3.64. The minimum Gasteiger partial charge on any atom is -0.368 e. The van der Waals surface area contributed by atoms with Gasteiger partial charge in [0.05, 0.1) is 5.69 Å². The van der Waals surface area contributed by atoms with Gasteiger partial charge in [0, 0.05) is 28.6 Å². The zero-order valence-corrected chi connectivity index (χ0v) is 19.4. The summed E-state index contributed by atoms with van der Waals surface area (Å²) in [6.45, 7) is 9.31. The predicted octanol–water partition coefficient (Wildman–Crippen LogP) is 4.34. The van der Waals surface area contributed by atoms with Gasteiger partial charge in [-0.1, -0.05) is 30.3 Å². The normalized spacial score (nSPS) is 22.2. The van der Waals surface area contributed by atoms with Gasteiger partial charge in [0.1, 0.15) is 5.82 Å². The van der Waals surface area contributed by atoms with Gasteiger partial charge in [-0.2, -0.15) is 0 Å². The summed E-state index contributed by atoms with van der Waals surface area (Å²) < 4.78 is 0. The third-order valence-electron chi connectivity index (χ3n) is 7.78. The lowest BCUT2D eigenvalue weighted by atomic mass is 9.75. The van der Waals surface area contributed by atoms with E-state index in [1.54, 1.807) is 0 Å². The first-order valence-corrected chi connectivity index (χ1v) is 12.2. The molecule has 2 fully saturated rings. The molecule has 2 aromatic rings. The van der Waals surface area contributed by atoms with Crippen LogP contribution in [0, 0.1) is 0 Å². The van der Waals surface area contributed by atoms with Crippen LogP contribution < -0.4 is 5.32 Å². The molecule has 31 heavy (non-hydrogen) atoms. The molecule has 0 bridgehead atoms. The largest absolute Gasteiger partial charge is 0.368 e. The van der Waals surface area contributed by atoms with Gasteiger partial charge in [0.2, 0.25) is 0 Å². The molecule has 3 heterocycles. The molecule has 2 saturated heterocycles. The van der Waals surface area contributed by atoms with Crippen molar-refractivity contribution in [3.63, 3.8) is 0 Å². The van der Waals surface area contributed by atoms with Crippen molar-refractivity contribution in [2.45, 2.75) is 69.9 Å². The van der Waals surface area contributed by atoms with Crippen LogP contribution in [-0.2, 0) is 11.8 Å². The number of benzene rings is 1. The lowest BCUT2D eigenvalue weighted by molar-refractivity contribution is 0.0739. The van der Waals surface area contributed by atoms with Crippen LogP contribution in [0.15, 0.2) is 30.3 Å². The van der Waals surface area contributed by atoms with Crippen LogP contribution in [0.5, 0.6) is 0 Å². The molecule has 3 aliphatic rings. The Morgan fingerprint density at radius 2 is 1.68 bits per heavy atom. The first-order valence-electron chi connectivity index (χ1n) is 12.2. The molecule has 5 nitrogen and oxygen atoms in total. The SMILES string of the molecule is CC(C)Nc1nc(-c2ccccc2)nc2c1CCC21CCN(C2CCN(C)CC2)CC1. The molecule has 0 atom stereocenters. The smallest absolute Gasteiger partial charge is 0.161 e. The Kier molecular flexibility index (Phi) is 5.74. The van der Waals surface area contributed by atoms with E-state index < -0.39 is 0 Å². The minimum absolute atomic E-state index is 0.233. The maximum absolute atomic E-state index is 5.24. The van der Waals surface area contributed by atoms with Crippen LogP contribution in [0.3, 0.4) is 0 Å². The van der Waals surface area contributed by atoms with Gasteiger partial charge in [-0.25, -0.2) is 9.97 Å². The molecule has 0 amide bonds. The van der Waals surface area contributed by atoms with Crippen LogP contribution in [0.1, 0.15) is 57.2 Å². The maximum Gasteiger partial charge on any atom is 0.161 e. The number of likely N-dealkylation sites (tertiary alicyclic amines) is 2. The molecule has 166 valence electrons. The van der Waals surface area contributed by atoms with Crippen LogP contribution >= 0.6 is 0 Å². The van der Waals surface area contributed by atoms with E-state index in [9.17, 15) is 0 Å². The number of nitrogens with one attached hydrogen (secondary N) is 1. The standard InChI is InChI=1S/C26H37N5/c1-19(2)27-25-22-9-12-26(23(22)28-24(29-25)20-7-5-4-6-8-20)13-17-31(18-14-26)21-10-15-30(3)16-11-21/h4-8,19,21H,9-18H2,1-3H3,(H,27,28,29). The molecule has 0 radical (unpaired) electrons. The molecule has 0 unspecified atom stereocenters. The van der Waals surface area contributed by atoms with E-state index in [1.165, 1.54) is 69.5 Å². The number of aromatic nitrogens is 2. The van der Waals surface area contributed by atoms with Gasteiger partial charge >= 0.3 is 0 Å². The summed E-state index contributed by atoms with van der Waals surface area (Å²) in [6, 6.07) is 11.6. The molecule has 5 rings (SSSR count). The van der Waals surface area contributed by atoms with Crippen molar-refractivity contribution < 1.29 is 0 Å². The van der Waals surface area contributed by atoms with Crippen molar-refractivity contribution in [1.82, 2.24) is 19.8 Å². The number of piperidine rings is 2. The second kappa shape index (κ2) is 8.51. The summed E-state index contributed by atoms with van der Waals surface area (Å²) in [6.07, 6.45) is 7.44. The molecule has 1 N–H and O–H groups in total. The molecule has 2 aliphatic heterocycles. The van der Waals surface area contributed by atoms with Crippen molar-refractivity contribution in [2.24, 2.45) is 0 Å². The molecule has 0 saturated carbocycles. The van der Waals surface area contributed by atoms with Crippen molar-refractivity contribution in [3.8, 4) is 11.4 Å². The maximum atomic E-state index is 5.24. The van der Waals surface area contributed by atoms with Crippen molar-refractivity contribution in [1.29, 1.82) is 0 Å². The highest BCUT2D eigenvalue weighted by atomic mass is 15.2. The van der Waals surface area contributed by atoms with Crippen LogP contribution in [0.25, 0.3) is 11.4 Å². The number of hydrogen-bond acceptors (Lipinski definition) is 5. The van der Waals surface area contributed by atoms with Crippen LogP contribution in [0.2, 0.25) is 0 Å².